The van der Waals surface area contributed by atoms with Gasteiger partial charge in [0.2, 0.25) is 0 Å². The molecule has 27 heavy (non-hydrogen) atoms. The van der Waals surface area contributed by atoms with Crippen molar-refractivity contribution in [3.63, 3.8) is 0 Å². The van der Waals surface area contributed by atoms with E-state index in [4.69, 9.17) is 4.74 Å². The van der Waals surface area contributed by atoms with Gasteiger partial charge in [0.05, 0.1) is 12.5 Å². The molecule has 1 saturated heterocycles. The number of rotatable bonds is 3. The first-order chi connectivity index (χ1) is 13.1. The van der Waals surface area contributed by atoms with Crippen LogP contribution >= 0.6 is 0 Å². The van der Waals surface area contributed by atoms with Crippen LogP contribution in [0.5, 0.6) is 0 Å². The highest BCUT2D eigenvalue weighted by atomic mass is 19.1. The molecule has 0 spiro atoms. The smallest absolute Gasteiger partial charge is 0.309 e. The first kappa shape index (κ1) is 17.4. The summed E-state index contributed by atoms with van der Waals surface area (Å²) in [5, 5.41) is 11.9. The predicted octanol–water partition coefficient (Wildman–Crippen LogP) is 4.73. The second-order valence-electron chi connectivity index (χ2n) is 6.74. The molecule has 0 bridgehead atoms. The summed E-state index contributed by atoms with van der Waals surface area (Å²) in [6, 6.07) is 18.4. The molecule has 4 heteroatoms. The molecule has 0 aromatic heterocycles. The molecular weight excluding hydrogens is 343 g/mol. The van der Waals surface area contributed by atoms with Crippen LogP contribution in [0.3, 0.4) is 0 Å². The van der Waals surface area contributed by atoms with Crippen molar-refractivity contribution >= 4 is 22.8 Å². The van der Waals surface area contributed by atoms with Gasteiger partial charge in [0.1, 0.15) is 11.9 Å². The van der Waals surface area contributed by atoms with Crippen LogP contribution < -0.4 is 0 Å². The maximum atomic E-state index is 13.3. The molecule has 1 heterocycles. The van der Waals surface area contributed by atoms with Gasteiger partial charge in [0.25, 0.3) is 0 Å². The number of hydrogen-bond donors (Lipinski definition) is 1. The number of carbonyl (C=O) groups is 1. The second-order valence-corrected chi connectivity index (χ2v) is 6.74. The Kier molecular flexibility index (Phi) is 4.73. The number of cyclic esters (lactones) is 1. The Balaban J connectivity index is 1.79. The Labute approximate surface area is 156 Å². The summed E-state index contributed by atoms with van der Waals surface area (Å²) >= 11 is 0. The highest BCUT2D eigenvalue weighted by Gasteiger charge is 2.25. The Morgan fingerprint density at radius 3 is 2.59 bits per heavy atom. The summed E-state index contributed by atoms with van der Waals surface area (Å²) in [6.07, 6.45) is 3.04. The lowest BCUT2D eigenvalue weighted by Crippen LogP contribution is -2.31. The van der Waals surface area contributed by atoms with Crippen molar-refractivity contribution in [1.29, 1.82) is 0 Å². The van der Waals surface area contributed by atoms with E-state index >= 15 is 0 Å². The summed E-state index contributed by atoms with van der Waals surface area (Å²) in [4.78, 5) is 11.6. The van der Waals surface area contributed by atoms with Gasteiger partial charge in [0.15, 0.2) is 0 Å². The highest BCUT2D eigenvalue weighted by molar-refractivity contribution is 5.97. The molecule has 1 aliphatic heterocycles. The van der Waals surface area contributed by atoms with Crippen molar-refractivity contribution in [2.45, 2.75) is 25.0 Å². The molecule has 3 nitrogen and oxygen atoms in total. The van der Waals surface area contributed by atoms with Crippen molar-refractivity contribution in [2.75, 3.05) is 0 Å². The number of carbonyl (C=O) groups excluding carboxylic acids is 1. The predicted molar refractivity (Wildman–Crippen MR) is 103 cm³/mol. The third-order valence-corrected chi connectivity index (χ3v) is 4.79. The molecule has 3 aromatic carbocycles. The van der Waals surface area contributed by atoms with Crippen LogP contribution in [0.1, 0.15) is 18.4 Å². The SMILES string of the molecule is O=C1C[C@H](O)C[C@@H](/C=C/c2c(-c3ccc(F)cc3)ccc3ccccc23)O1. The average Bonchev–Trinajstić information content (AvgIpc) is 2.66. The molecular formula is C23H19FO3. The van der Waals surface area contributed by atoms with Crippen LogP contribution in [0.25, 0.3) is 28.0 Å². The lowest BCUT2D eigenvalue weighted by Gasteiger charge is -2.23. The Bertz CT molecular complexity index is 1010. The van der Waals surface area contributed by atoms with Crippen LogP contribution in [-0.2, 0) is 9.53 Å². The van der Waals surface area contributed by atoms with Crippen LogP contribution in [0.4, 0.5) is 4.39 Å². The minimum atomic E-state index is -0.676. The first-order valence-electron chi connectivity index (χ1n) is 8.93. The van der Waals surface area contributed by atoms with E-state index in [-0.39, 0.29) is 18.2 Å². The molecule has 1 fully saturated rings. The van der Waals surface area contributed by atoms with Gasteiger partial charge in [-0.2, -0.15) is 0 Å². The van der Waals surface area contributed by atoms with Crippen LogP contribution in [0.15, 0.2) is 66.7 Å². The number of esters is 1. The number of hydrogen-bond acceptors (Lipinski definition) is 3. The van der Waals surface area contributed by atoms with Crippen molar-refractivity contribution in [3.05, 3.63) is 78.1 Å². The van der Waals surface area contributed by atoms with Crippen molar-refractivity contribution in [1.82, 2.24) is 0 Å². The van der Waals surface area contributed by atoms with Crippen LogP contribution in [0, 0.1) is 5.82 Å². The summed E-state index contributed by atoms with van der Waals surface area (Å²) < 4.78 is 18.7. The molecule has 4 rings (SSSR count). The maximum Gasteiger partial charge on any atom is 0.309 e. The van der Waals surface area contributed by atoms with E-state index in [2.05, 4.69) is 0 Å². The molecule has 0 unspecified atom stereocenters. The zero-order chi connectivity index (χ0) is 18.8. The third kappa shape index (κ3) is 3.76. The minimum Gasteiger partial charge on any atom is -0.458 e. The molecule has 0 amide bonds. The van der Waals surface area contributed by atoms with Gasteiger partial charge in [-0.05, 0) is 45.7 Å². The topological polar surface area (TPSA) is 46.5 Å². The first-order valence-corrected chi connectivity index (χ1v) is 8.93. The fourth-order valence-corrected chi connectivity index (χ4v) is 3.49. The normalized spacial score (nSPS) is 20.1. The second kappa shape index (κ2) is 7.33. The highest BCUT2D eigenvalue weighted by Crippen LogP contribution is 2.32. The standard InChI is InChI=1S/C23H19FO3/c24-17-8-5-16(6-9-17)21-11-7-15-3-1-2-4-20(15)22(21)12-10-19-13-18(25)14-23(26)27-19/h1-12,18-19,25H,13-14H2/b12-10+/t18-,19-/m1/s1. The molecule has 1 aliphatic rings. The number of fused-ring (bicyclic) bond motifs is 1. The van der Waals surface area contributed by atoms with Gasteiger partial charge in [-0.15, -0.1) is 0 Å². The van der Waals surface area contributed by atoms with Gasteiger partial charge in [-0.25, -0.2) is 4.39 Å². The van der Waals surface area contributed by atoms with E-state index in [1.54, 1.807) is 12.1 Å². The fraction of sp³-hybridized carbons (Fsp3) is 0.174. The van der Waals surface area contributed by atoms with Crippen LogP contribution in [0.2, 0.25) is 0 Å². The van der Waals surface area contributed by atoms with Gasteiger partial charge in [-0.3, -0.25) is 4.79 Å². The quantitative estimate of drug-likeness (QED) is 0.686. The summed E-state index contributed by atoms with van der Waals surface area (Å²) in [5.41, 5.74) is 2.84. The number of benzene rings is 3. The number of halogens is 1. The van der Waals surface area contributed by atoms with Gasteiger partial charge >= 0.3 is 5.97 Å². The van der Waals surface area contributed by atoms with Gasteiger partial charge < -0.3 is 9.84 Å². The molecule has 0 radical (unpaired) electrons. The average molecular weight is 362 g/mol. The fourth-order valence-electron chi connectivity index (χ4n) is 3.49. The molecule has 3 aromatic rings. The molecule has 0 saturated carbocycles. The van der Waals surface area contributed by atoms with Gasteiger partial charge in [0, 0.05) is 6.42 Å². The summed E-state index contributed by atoms with van der Waals surface area (Å²) in [7, 11) is 0. The Hall–Kier alpha value is -2.98. The molecule has 136 valence electrons. The van der Waals surface area contributed by atoms with Crippen molar-refractivity contribution in [2.24, 2.45) is 0 Å². The van der Waals surface area contributed by atoms with Crippen molar-refractivity contribution < 1.29 is 19.0 Å². The summed E-state index contributed by atoms with van der Waals surface area (Å²) in [5.74, 6) is -0.667. The maximum absolute atomic E-state index is 13.3. The van der Waals surface area contributed by atoms with E-state index in [1.165, 1.54) is 12.1 Å². The Morgan fingerprint density at radius 1 is 1.04 bits per heavy atom. The molecule has 2 atom stereocenters. The van der Waals surface area contributed by atoms with Gasteiger partial charge in [-0.1, -0.05) is 54.6 Å². The van der Waals surface area contributed by atoms with E-state index in [0.29, 0.717) is 6.42 Å². The monoisotopic (exact) mass is 362 g/mol. The van der Waals surface area contributed by atoms with Crippen molar-refractivity contribution in [3.8, 4) is 11.1 Å². The summed E-state index contributed by atoms with van der Waals surface area (Å²) in [6.45, 7) is 0. The van der Waals surface area contributed by atoms with E-state index in [1.807, 2.05) is 48.6 Å². The molecule has 1 N–H and O–H groups in total. The largest absolute Gasteiger partial charge is 0.458 e. The Morgan fingerprint density at radius 2 is 1.81 bits per heavy atom. The molecule has 0 aliphatic carbocycles. The third-order valence-electron chi connectivity index (χ3n) is 4.79. The zero-order valence-corrected chi connectivity index (χ0v) is 14.6. The van der Waals surface area contributed by atoms with E-state index in [9.17, 15) is 14.3 Å². The number of aliphatic hydroxyl groups is 1. The zero-order valence-electron chi connectivity index (χ0n) is 14.6. The lowest BCUT2D eigenvalue weighted by atomic mass is 9.93. The lowest BCUT2D eigenvalue weighted by molar-refractivity contribution is -0.156. The van der Waals surface area contributed by atoms with Crippen LogP contribution in [-0.4, -0.2) is 23.3 Å². The minimum absolute atomic E-state index is 0.0411. The number of ether oxygens (including phenoxy) is 1. The van der Waals surface area contributed by atoms with E-state index < -0.39 is 12.2 Å². The van der Waals surface area contributed by atoms with E-state index in [0.717, 1.165) is 27.5 Å². The number of aliphatic hydroxyl groups excluding tert-OH is 1.